The Kier molecular flexibility index (Phi) is 5.76. The molecule has 3 aromatic carbocycles. The van der Waals surface area contributed by atoms with Gasteiger partial charge in [0.15, 0.2) is 5.11 Å². The summed E-state index contributed by atoms with van der Waals surface area (Å²) in [6.45, 7) is 0. The van der Waals surface area contributed by atoms with E-state index < -0.39 is 0 Å². The van der Waals surface area contributed by atoms with E-state index in [1.165, 1.54) is 11.3 Å². The average Bonchev–Trinajstić information content (AvgIpc) is 3.07. The monoisotopic (exact) mass is 437 g/mol. The highest BCUT2D eigenvalue weighted by Crippen LogP contribution is 2.35. The zero-order valence-electron chi connectivity index (χ0n) is 15.1. The number of thiocarbonyl (C=S) groups is 1. The number of hydrogen-bond donors (Lipinski definition) is 3. The summed E-state index contributed by atoms with van der Waals surface area (Å²) in [7, 11) is 0. The molecule has 144 valence electrons. The lowest BCUT2D eigenvalue weighted by molar-refractivity contribution is 0.0982. The number of rotatable bonds is 4. The van der Waals surface area contributed by atoms with E-state index in [-0.39, 0.29) is 11.0 Å². The van der Waals surface area contributed by atoms with Crippen molar-refractivity contribution in [2.75, 3.05) is 10.6 Å². The van der Waals surface area contributed by atoms with Crippen molar-refractivity contribution in [3.8, 4) is 0 Å². The maximum absolute atomic E-state index is 12.6. The highest BCUT2D eigenvalue weighted by Gasteiger charge is 2.17. The molecule has 3 N–H and O–H groups in total. The normalized spacial score (nSPS) is 10.5. The molecule has 0 bridgehead atoms. The topological polar surface area (TPSA) is 53.2 Å². The quantitative estimate of drug-likeness (QED) is 0.322. The number of thiophene rings is 1. The maximum atomic E-state index is 12.6. The largest absolute Gasteiger partial charge is 0.356 e. The highest BCUT2D eigenvalue weighted by atomic mass is 35.5. The van der Waals surface area contributed by atoms with Crippen molar-refractivity contribution in [2.24, 2.45) is 0 Å². The SMILES string of the molecule is O=C(NC(=S)Nc1ccc(Nc2ccccc2)cc1)c1sc2ccccc2c1Cl. The number of carbonyl (C=O) groups is 1. The average molecular weight is 438 g/mol. The van der Waals surface area contributed by atoms with Crippen LogP contribution in [0.15, 0.2) is 78.9 Å². The van der Waals surface area contributed by atoms with Crippen LogP contribution < -0.4 is 16.0 Å². The van der Waals surface area contributed by atoms with Gasteiger partial charge in [0.25, 0.3) is 5.91 Å². The van der Waals surface area contributed by atoms with Crippen molar-refractivity contribution in [1.82, 2.24) is 5.32 Å². The molecule has 29 heavy (non-hydrogen) atoms. The van der Waals surface area contributed by atoms with Crippen molar-refractivity contribution in [2.45, 2.75) is 0 Å². The van der Waals surface area contributed by atoms with Crippen LogP contribution in [0.5, 0.6) is 0 Å². The molecule has 0 saturated carbocycles. The Bertz CT molecular complexity index is 1170. The minimum atomic E-state index is -0.323. The second kappa shape index (κ2) is 8.61. The Morgan fingerprint density at radius 1 is 0.828 bits per heavy atom. The third-order valence-corrected chi connectivity index (χ3v) is 6.05. The lowest BCUT2D eigenvalue weighted by atomic mass is 10.2. The predicted molar refractivity (Wildman–Crippen MR) is 127 cm³/mol. The van der Waals surface area contributed by atoms with Gasteiger partial charge in [0, 0.05) is 27.1 Å². The van der Waals surface area contributed by atoms with Gasteiger partial charge in [-0.2, -0.15) is 0 Å². The Balaban J connectivity index is 1.39. The van der Waals surface area contributed by atoms with Gasteiger partial charge >= 0.3 is 0 Å². The number of anilines is 3. The standard InChI is InChI=1S/C22H16ClN3OS2/c23-19-17-8-4-5-9-18(17)29-20(19)21(27)26-22(28)25-16-12-10-15(11-13-16)24-14-6-2-1-3-7-14/h1-13,24H,(H2,25,26,27,28). The number of amides is 1. The number of fused-ring (bicyclic) bond motifs is 1. The van der Waals surface area contributed by atoms with Crippen molar-refractivity contribution in [3.05, 3.63) is 88.8 Å². The fourth-order valence-corrected chi connectivity index (χ4v) is 4.43. The lowest BCUT2D eigenvalue weighted by Gasteiger charge is -2.11. The zero-order valence-corrected chi connectivity index (χ0v) is 17.5. The van der Waals surface area contributed by atoms with E-state index in [1.807, 2.05) is 78.9 Å². The summed E-state index contributed by atoms with van der Waals surface area (Å²) in [5, 5.41) is 10.6. The number of halogens is 1. The lowest BCUT2D eigenvalue weighted by Crippen LogP contribution is -2.33. The number of hydrogen-bond acceptors (Lipinski definition) is 4. The minimum absolute atomic E-state index is 0.215. The van der Waals surface area contributed by atoms with E-state index in [0.717, 1.165) is 27.1 Å². The number of nitrogens with one attached hydrogen (secondary N) is 3. The molecule has 1 aromatic heterocycles. The summed E-state index contributed by atoms with van der Waals surface area (Å²) in [5.41, 5.74) is 2.74. The first-order valence-corrected chi connectivity index (χ1v) is 10.4. The highest BCUT2D eigenvalue weighted by molar-refractivity contribution is 7.80. The molecule has 0 saturated heterocycles. The Labute approximate surface area is 182 Å². The fourth-order valence-electron chi connectivity index (χ4n) is 2.81. The van der Waals surface area contributed by atoms with Crippen LogP contribution in [0.2, 0.25) is 5.02 Å². The van der Waals surface area contributed by atoms with Gasteiger partial charge in [0.1, 0.15) is 4.88 Å². The van der Waals surface area contributed by atoms with E-state index in [9.17, 15) is 4.79 Å². The molecule has 0 unspecified atom stereocenters. The molecule has 0 aliphatic carbocycles. The zero-order chi connectivity index (χ0) is 20.2. The van der Waals surface area contributed by atoms with E-state index in [0.29, 0.717) is 9.90 Å². The summed E-state index contributed by atoms with van der Waals surface area (Å²) in [4.78, 5) is 13.0. The molecule has 0 aliphatic heterocycles. The summed E-state index contributed by atoms with van der Waals surface area (Å²) in [6, 6.07) is 25.2. The van der Waals surface area contributed by atoms with Gasteiger partial charge < -0.3 is 10.6 Å². The van der Waals surface area contributed by atoms with Crippen LogP contribution in [0.25, 0.3) is 10.1 Å². The predicted octanol–water partition coefficient (Wildman–Crippen LogP) is 6.43. The number of carbonyl (C=O) groups excluding carboxylic acids is 1. The first-order chi connectivity index (χ1) is 14.1. The second-order valence-electron chi connectivity index (χ2n) is 6.22. The minimum Gasteiger partial charge on any atom is -0.356 e. The van der Waals surface area contributed by atoms with Crippen molar-refractivity contribution in [3.63, 3.8) is 0 Å². The second-order valence-corrected chi connectivity index (χ2v) is 8.06. The van der Waals surface area contributed by atoms with Gasteiger partial charge in [-0.25, -0.2) is 0 Å². The molecular formula is C22H16ClN3OS2. The van der Waals surface area contributed by atoms with Crippen LogP contribution >= 0.6 is 35.2 Å². The summed E-state index contributed by atoms with van der Waals surface area (Å²) in [5.74, 6) is -0.323. The third kappa shape index (κ3) is 4.56. The van der Waals surface area contributed by atoms with Crippen molar-refractivity contribution < 1.29 is 4.79 Å². The van der Waals surface area contributed by atoms with Crippen LogP contribution in [0.1, 0.15) is 9.67 Å². The summed E-state index contributed by atoms with van der Waals surface area (Å²) >= 11 is 13.0. The molecular weight excluding hydrogens is 422 g/mol. The molecule has 7 heteroatoms. The van der Waals surface area contributed by atoms with E-state index in [4.69, 9.17) is 23.8 Å². The summed E-state index contributed by atoms with van der Waals surface area (Å²) < 4.78 is 0.961. The molecule has 4 aromatic rings. The van der Waals surface area contributed by atoms with Gasteiger partial charge in [0.2, 0.25) is 0 Å². The van der Waals surface area contributed by atoms with Gasteiger partial charge in [0.05, 0.1) is 5.02 Å². The van der Waals surface area contributed by atoms with E-state index in [2.05, 4.69) is 16.0 Å². The molecule has 4 rings (SSSR count). The van der Waals surface area contributed by atoms with Crippen molar-refractivity contribution >= 4 is 73.3 Å². The molecule has 0 spiro atoms. The summed E-state index contributed by atoms with van der Waals surface area (Å²) in [6.07, 6.45) is 0. The first-order valence-electron chi connectivity index (χ1n) is 8.81. The van der Waals surface area contributed by atoms with Crippen LogP contribution in [0, 0.1) is 0 Å². The first kappa shape index (κ1) is 19.4. The fraction of sp³-hybridized carbons (Fsp3) is 0. The van der Waals surface area contributed by atoms with Crippen molar-refractivity contribution in [1.29, 1.82) is 0 Å². The van der Waals surface area contributed by atoms with Gasteiger partial charge in [-0.3, -0.25) is 10.1 Å². The maximum Gasteiger partial charge on any atom is 0.269 e. The molecule has 0 radical (unpaired) electrons. The Hall–Kier alpha value is -2.93. The van der Waals surface area contributed by atoms with Crippen LogP contribution in [-0.4, -0.2) is 11.0 Å². The molecule has 1 amide bonds. The molecule has 4 nitrogen and oxygen atoms in total. The van der Waals surface area contributed by atoms with Crippen LogP contribution in [-0.2, 0) is 0 Å². The smallest absolute Gasteiger partial charge is 0.269 e. The molecule has 1 heterocycles. The number of para-hydroxylation sites is 1. The van der Waals surface area contributed by atoms with E-state index in [1.54, 1.807) is 0 Å². The van der Waals surface area contributed by atoms with E-state index >= 15 is 0 Å². The third-order valence-electron chi connectivity index (χ3n) is 4.17. The molecule has 0 atom stereocenters. The van der Waals surface area contributed by atoms with Gasteiger partial charge in [-0.1, -0.05) is 48.0 Å². The van der Waals surface area contributed by atoms with Gasteiger partial charge in [-0.15, -0.1) is 11.3 Å². The van der Waals surface area contributed by atoms with Crippen LogP contribution in [0.3, 0.4) is 0 Å². The molecule has 0 aliphatic rings. The van der Waals surface area contributed by atoms with Crippen LogP contribution in [0.4, 0.5) is 17.1 Å². The molecule has 0 fully saturated rings. The number of benzene rings is 3. The van der Waals surface area contributed by atoms with Gasteiger partial charge in [-0.05, 0) is 54.7 Å². The Morgan fingerprint density at radius 2 is 1.45 bits per heavy atom. The Morgan fingerprint density at radius 3 is 2.17 bits per heavy atom.